The van der Waals surface area contributed by atoms with Crippen molar-refractivity contribution < 1.29 is 27.8 Å². The number of benzene rings is 1. The molecule has 1 aliphatic heterocycles. The SMILES string of the molecule is O=C(NC[C@@]1(O)CCOC1)c1cc(Cl)cc(C(F)(F)F)c1. The normalized spacial score (nSPS) is 22.3. The molecule has 1 aromatic carbocycles. The van der Waals surface area contributed by atoms with Gasteiger partial charge < -0.3 is 15.2 Å². The summed E-state index contributed by atoms with van der Waals surface area (Å²) < 4.78 is 43.0. The number of amides is 1. The lowest BCUT2D eigenvalue weighted by molar-refractivity contribution is -0.137. The van der Waals surface area contributed by atoms with Crippen LogP contribution in [0.5, 0.6) is 0 Å². The van der Waals surface area contributed by atoms with Gasteiger partial charge in [0.2, 0.25) is 0 Å². The van der Waals surface area contributed by atoms with E-state index in [2.05, 4.69) is 5.32 Å². The smallest absolute Gasteiger partial charge is 0.386 e. The lowest BCUT2D eigenvalue weighted by Gasteiger charge is -2.20. The predicted molar refractivity (Wildman–Crippen MR) is 69.2 cm³/mol. The number of nitrogens with one attached hydrogen (secondary N) is 1. The molecule has 0 aliphatic carbocycles. The number of alkyl halides is 3. The molecule has 0 spiro atoms. The summed E-state index contributed by atoms with van der Waals surface area (Å²) in [6.45, 7) is 0.359. The predicted octanol–water partition coefficient (Wildman–Crippen LogP) is 2.24. The molecule has 0 radical (unpaired) electrons. The van der Waals surface area contributed by atoms with E-state index in [4.69, 9.17) is 16.3 Å². The molecule has 1 saturated heterocycles. The first kappa shape index (κ1) is 16.1. The molecule has 1 atom stereocenters. The second-order valence-electron chi connectivity index (χ2n) is 4.94. The summed E-state index contributed by atoms with van der Waals surface area (Å²) in [5, 5.41) is 12.2. The van der Waals surface area contributed by atoms with Gasteiger partial charge in [-0.25, -0.2) is 0 Å². The zero-order chi connectivity index (χ0) is 15.7. The summed E-state index contributed by atoms with van der Waals surface area (Å²) in [7, 11) is 0. The fourth-order valence-electron chi connectivity index (χ4n) is 1.97. The zero-order valence-electron chi connectivity index (χ0n) is 10.8. The van der Waals surface area contributed by atoms with Crippen LogP contribution in [0.15, 0.2) is 18.2 Å². The van der Waals surface area contributed by atoms with Gasteiger partial charge in [0.25, 0.3) is 5.91 Å². The topological polar surface area (TPSA) is 58.6 Å². The maximum atomic E-state index is 12.7. The average Bonchev–Trinajstić information content (AvgIpc) is 2.82. The highest BCUT2D eigenvalue weighted by atomic mass is 35.5. The number of ether oxygens (including phenoxy) is 1. The van der Waals surface area contributed by atoms with Crippen molar-refractivity contribution in [2.45, 2.75) is 18.2 Å². The van der Waals surface area contributed by atoms with Crippen molar-refractivity contribution in [1.82, 2.24) is 5.32 Å². The van der Waals surface area contributed by atoms with Crippen molar-refractivity contribution in [3.8, 4) is 0 Å². The van der Waals surface area contributed by atoms with E-state index in [0.717, 1.165) is 18.2 Å². The third-order valence-corrected chi connectivity index (χ3v) is 3.37. The number of halogens is 4. The van der Waals surface area contributed by atoms with Crippen LogP contribution >= 0.6 is 11.6 Å². The lowest BCUT2D eigenvalue weighted by atomic mass is 10.0. The second-order valence-corrected chi connectivity index (χ2v) is 5.37. The highest BCUT2D eigenvalue weighted by molar-refractivity contribution is 6.31. The summed E-state index contributed by atoms with van der Waals surface area (Å²) in [6, 6.07) is 2.61. The van der Waals surface area contributed by atoms with Crippen LogP contribution < -0.4 is 5.32 Å². The van der Waals surface area contributed by atoms with E-state index in [9.17, 15) is 23.1 Å². The molecule has 1 amide bonds. The van der Waals surface area contributed by atoms with E-state index >= 15 is 0 Å². The van der Waals surface area contributed by atoms with Crippen LogP contribution in [0.2, 0.25) is 5.02 Å². The molecule has 2 rings (SSSR count). The maximum Gasteiger partial charge on any atom is 0.416 e. The molecule has 1 heterocycles. The summed E-state index contributed by atoms with van der Waals surface area (Å²) >= 11 is 5.61. The van der Waals surface area contributed by atoms with Gasteiger partial charge in [0.1, 0.15) is 5.60 Å². The Morgan fingerprint density at radius 3 is 2.71 bits per heavy atom. The number of carbonyl (C=O) groups is 1. The minimum Gasteiger partial charge on any atom is -0.386 e. The molecule has 1 aliphatic rings. The van der Waals surface area contributed by atoms with Crippen molar-refractivity contribution in [2.24, 2.45) is 0 Å². The molecule has 0 saturated carbocycles. The summed E-state index contributed by atoms with van der Waals surface area (Å²) in [5.41, 5.74) is -2.39. The minimum atomic E-state index is -4.59. The van der Waals surface area contributed by atoms with Crippen LogP contribution in [0.4, 0.5) is 13.2 Å². The van der Waals surface area contributed by atoms with Gasteiger partial charge in [-0.05, 0) is 18.2 Å². The minimum absolute atomic E-state index is 0.0800. The number of hydrogen-bond donors (Lipinski definition) is 2. The van der Waals surface area contributed by atoms with E-state index in [1.807, 2.05) is 0 Å². The van der Waals surface area contributed by atoms with E-state index in [1.54, 1.807) is 0 Å². The lowest BCUT2D eigenvalue weighted by Crippen LogP contribution is -2.43. The average molecular weight is 324 g/mol. The third-order valence-electron chi connectivity index (χ3n) is 3.15. The van der Waals surface area contributed by atoms with Gasteiger partial charge in [-0.15, -0.1) is 0 Å². The largest absolute Gasteiger partial charge is 0.416 e. The first-order valence-corrected chi connectivity index (χ1v) is 6.54. The first-order chi connectivity index (χ1) is 9.70. The number of hydrogen-bond acceptors (Lipinski definition) is 3. The Balaban J connectivity index is 2.10. The van der Waals surface area contributed by atoms with Gasteiger partial charge in [0.15, 0.2) is 0 Å². The fraction of sp³-hybridized carbons (Fsp3) is 0.462. The van der Waals surface area contributed by atoms with Crippen molar-refractivity contribution in [2.75, 3.05) is 19.8 Å². The maximum absolute atomic E-state index is 12.7. The Bertz CT molecular complexity index is 542. The van der Waals surface area contributed by atoms with Crippen LogP contribution in [0, 0.1) is 0 Å². The van der Waals surface area contributed by atoms with Crippen molar-refractivity contribution in [1.29, 1.82) is 0 Å². The summed E-state index contributed by atoms with van der Waals surface area (Å²) in [4.78, 5) is 11.9. The van der Waals surface area contributed by atoms with E-state index < -0.39 is 23.2 Å². The van der Waals surface area contributed by atoms with Crippen LogP contribution in [0.1, 0.15) is 22.3 Å². The molecule has 0 unspecified atom stereocenters. The Morgan fingerprint density at radius 2 is 2.14 bits per heavy atom. The molecule has 1 fully saturated rings. The van der Waals surface area contributed by atoms with Crippen LogP contribution in [-0.2, 0) is 10.9 Å². The molecule has 1 aromatic rings. The van der Waals surface area contributed by atoms with Crippen molar-refractivity contribution in [3.05, 3.63) is 34.3 Å². The molecule has 0 aromatic heterocycles. The highest BCUT2D eigenvalue weighted by Crippen LogP contribution is 2.31. The third kappa shape index (κ3) is 4.09. The molecule has 8 heteroatoms. The van der Waals surface area contributed by atoms with E-state index in [-0.39, 0.29) is 23.7 Å². The van der Waals surface area contributed by atoms with Gasteiger partial charge in [-0.3, -0.25) is 4.79 Å². The Labute approximate surface area is 123 Å². The monoisotopic (exact) mass is 323 g/mol. The van der Waals surface area contributed by atoms with Gasteiger partial charge in [0.05, 0.1) is 12.2 Å². The van der Waals surface area contributed by atoms with Gasteiger partial charge >= 0.3 is 6.18 Å². The standard InChI is InChI=1S/C13H13ClF3NO3/c14-10-4-8(3-9(5-10)13(15,16)17)11(19)18-6-12(20)1-2-21-7-12/h3-5,20H,1-2,6-7H2,(H,18,19)/t12-/m0/s1. The van der Waals surface area contributed by atoms with E-state index in [1.165, 1.54) is 0 Å². The highest BCUT2D eigenvalue weighted by Gasteiger charge is 2.34. The molecular weight excluding hydrogens is 311 g/mol. The number of carbonyl (C=O) groups excluding carboxylic acids is 1. The van der Waals surface area contributed by atoms with Crippen molar-refractivity contribution in [3.63, 3.8) is 0 Å². The van der Waals surface area contributed by atoms with Crippen LogP contribution in [-0.4, -0.2) is 36.4 Å². The molecule has 2 N–H and O–H groups in total. The zero-order valence-corrected chi connectivity index (χ0v) is 11.6. The molecule has 0 bridgehead atoms. The first-order valence-electron chi connectivity index (χ1n) is 6.16. The second kappa shape index (κ2) is 5.82. The van der Waals surface area contributed by atoms with Gasteiger partial charge in [-0.2, -0.15) is 13.2 Å². The van der Waals surface area contributed by atoms with Gasteiger partial charge in [0, 0.05) is 30.2 Å². The van der Waals surface area contributed by atoms with Crippen LogP contribution in [0.25, 0.3) is 0 Å². The molecular formula is C13H13ClF3NO3. The Hall–Kier alpha value is -1.31. The van der Waals surface area contributed by atoms with Gasteiger partial charge in [-0.1, -0.05) is 11.6 Å². The fourth-order valence-corrected chi connectivity index (χ4v) is 2.20. The van der Waals surface area contributed by atoms with E-state index in [0.29, 0.717) is 13.0 Å². The molecule has 4 nitrogen and oxygen atoms in total. The Kier molecular flexibility index (Phi) is 4.46. The Morgan fingerprint density at radius 1 is 1.43 bits per heavy atom. The molecule has 116 valence electrons. The van der Waals surface area contributed by atoms with Crippen LogP contribution in [0.3, 0.4) is 0 Å². The number of rotatable bonds is 3. The summed E-state index contributed by atoms with van der Waals surface area (Å²) in [5.74, 6) is -0.733. The summed E-state index contributed by atoms with van der Waals surface area (Å²) in [6.07, 6.45) is -4.23. The van der Waals surface area contributed by atoms with Crippen molar-refractivity contribution >= 4 is 17.5 Å². The molecule has 21 heavy (non-hydrogen) atoms. The number of aliphatic hydroxyl groups is 1. The quantitative estimate of drug-likeness (QED) is 0.897.